The lowest BCUT2D eigenvalue weighted by molar-refractivity contribution is 0.547. The first-order chi connectivity index (χ1) is 8.65. The summed E-state index contributed by atoms with van der Waals surface area (Å²) in [5.41, 5.74) is 1.05. The maximum Gasteiger partial charge on any atom is 0.124 e. The summed E-state index contributed by atoms with van der Waals surface area (Å²) < 4.78 is 14.1. The first-order valence-electron chi connectivity index (χ1n) is 6.41. The summed E-state index contributed by atoms with van der Waals surface area (Å²) in [7, 11) is 0. The Morgan fingerprint density at radius 1 is 1.33 bits per heavy atom. The fourth-order valence-electron chi connectivity index (χ4n) is 1.81. The van der Waals surface area contributed by atoms with E-state index in [4.69, 9.17) is 0 Å². The molecule has 1 rings (SSSR count). The van der Waals surface area contributed by atoms with Gasteiger partial charge in [-0.3, -0.25) is 0 Å². The van der Waals surface area contributed by atoms with Gasteiger partial charge in [0.1, 0.15) is 5.82 Å². The monoisotopic (exact) mass is 333 g/mol. The number of benzene rings is 1. The lowest BCUT2D eigenvalue weighted by Gasteiger charge is -2.18. The molecule has 0 spiro atoms. The Hall–Kier alpha value is -0.0600. The molecule has 1 aromatic rings. The maximum absolute atomic E-state index is 13.3. The number of hydrogen-bond donors (Lipinski definition) is 1. The van der Waals surface area contributed by atoms with Crippen LogP contribution in [0.15, 0.2) is 22.7 Å². The quantitative estimate of drug-likeness (QED) is 0.763. The van der Waals surface area contributed by atoms with Gasteiger partial charge in [-0.15, -0.1) is 0 Å². The molecule has 1 N–H and O–H groups in total. The zero-order chi connectivity index (χ0) is 13.4. The average Bonchev–Trinajstić information content (AvgIpc) is 2.31. The molecule has 0 aliphatic heterocycles. The molecule has 0 saturated heterocycles. The van der Waals surface area contributed by atoms with E-state index in [0.717, 1.165) is 40.9 Å². The first-order valence-corrected chi connectivity index (χ1v) is 8.36. The van der Waals surface area contributed by atoms with E-state index in [1.165, 1.54) is 6.07 Å². The van der Waals surface area contributed by atoms with Gasteiger partial charge in [0, 0.05) is 16.3 Å². The Balaban J connectivity index is 2.62. The predicted octanol–water partition coefficient (Wildman–Crippen LogP) is 4.25. The van der Waals surface area contributed by atoms with Gasteiger partial charge in [-0.1, -0.05) is 29.8 Å². The van der Waals surface area contributed by atoms with Crippen molar-refractivity contribution in [1.82, 2.24) is 5.32 Å². The van der Waals surface area contributed by atoms with Crippen molar-refractivity contribution in [3.05, 3.63) is 34.1 Å². The molecule has 0 aliphatic carbocycles. The molecule has 0 fully saturated rings. The molecule has 1 nitrogen and oxygen atoms in total. The largest absolute Gasteiger partial charge is 0.313 e. The van der Waals surface area contributed by atoms with Crippen LogP contribution in [0, 0.1) is 5.82 Å². The van der Waals surface area contributed by atoms with Crippen LogP contribution in [0.1, 0.15) is 25.8 Å². The molecule has 0 aromatic heterocycles. The van der Waals surface area contributed by atoms with Crippen LogP contribution in [-0.4, -0.2) is 24.1 Å². The molecular formula is C14H21BrFNS. The highest BCUT2D eigenvalue weighted by Gasteiger charge is 2.10. The average molecular weight is 334 g/mol. The van der Waals surface area contributed by atoms with Crippen LogP contribution in [0.25, 0.3) is 0 Å². The van der Waals surface area contributed by atoms with Crippen molar-refractivity contribution in [3.8, 4) is 0 Å². The molecule has 0 aliphatic rings. The van der Waals surface area contributed by atoms with Crippen LogP contribution in [-0.2, 0) is 6.42 Å². The van der Waals surface area contributed by atoms with Crippen molar-refractivity contribution in [2.75, 3.05) is 18.1 Å². The van der Waals surface area contributed by atoms with Gasteiger partial charge in [-0.25, -0.2) is 4.39 Å². The fourth-order valence-corrected chi connectivity index (χ4v) is 3.08. The van der Waals surface area contributed by atoms with E-state index in [-0.39, 0.29) is 5.82 Å². The minimum Gasteiger partial charge on any atom is -0.313 e. The minimum atomic E-state index is -0.170. The number of halogens is 2. The van der Waals surface area contributed by atoms with Crippen molar-refractivity contribution in [1.29, 1.82) is 0 Å². The van der Waals surface area contributed by atoms with Crippen molar-refractivity contribution < 1.29 is 4.39 Å². The SMILES string of the molecule is CCCNC(CSCC)Cc1cc(F)cc(Br)c1. The van der Waals surface area contributed by atoms with Crippen LogP contribution >= 0.6 is 27.7 Å². The molecule has 0 bridgehead atoms. The van der Waals surface area contributed by atoms with Crippen LogP contribution in [0.4, 0.5) is 4.39 Å². The maximum atomic E-state index is 13.3. The molecule has 0 saturated carbocycles. The molecule has 1 unspecified atom stereocenters. The van der Waals surface area contributed by atoms with Crippen LogP contribution < -0.4 is 5.32 Å². The van der Waals surface area contributed by atoms with Gasteiger partial charge in [-0.05, 0) is 48.9 Å². The van der Waals surface area contributed by atoms with Crippen molar-refractivity contribution in [2.24, 2.45) is 0 Å². The number of hydrogen-bond acceptors (Lipinski definition) is 2. The van der Waals surface area contributed by atoms with E-state index in [1.807, 2.05) is 17.8 Å². The first kappa shape index (κ1) is 16.0. The Morgan fingerprint density at radius 2 is 2.11 bits per heavy atom. The summed E-state index contributed by atoms with van der Waals surface area (Å²) in [4.78, 5) is 0. The summed E-state index contributed by atoms with van der Waals surface area (Å²) in [5, 5.41) is 3.53. The molecule has 0 heterocycles. The number of rotatable bonds is 8. The van der Waals surface area contributed by atoms with Gasteiger partial charge >= 0.3 is 0 Å². The van der Waals surface area contributed by atoms with Gasteiger partial charge in [-0.2, -0.15) is 11.8 Å². The lowest BCUT2D eigenvalue weighted by atomic mass is 10.1. The Morgan fingerprint density at radius 3 is 2.72 bits per heavy atom. The molecule has 1 atom stereocenters. The highest BCUT2D eigenvalue weighted by atomic mass is 79.9. The normalized spacial score (nSPS) is 12.7. The topological polar surface area (TPSA) is 12.0 Å². The van der Waals surface area contributed by atoms with Crippen LogP contribution in [0.2, 0.25) is 0 Å². The van der Waals surface area contributed by atoms with E-state index in [9.17, 15) is 4.39 Å². The summed E-state index contributed by atoms with van der Waals surface area (Å²) >= 11 is 5.27. The van der Waals surface area contributed by atoms with E-state index in [0.29, 0.717) is 6.04 Å². The number of thioether (sulfide) groups is 1. The van der Waals surface area contributed by atoms with Gasteiger partial charge in [0.2, 0.25) is 0 Å². The summed E-state index contributed by atoms with van der Waals surface area (Å²) in [6, 6.07) is 5.55. The molecule has 102 valence electrons. The molecule has 4 heteroatoms. The summed E-state index contributed by atoms with van der Waals surface area (Å²) in [6.45, 7) is 5.35. The standard InChI is InChI=1S/C14H21BrFNS/c1-3-5-17-14(10-18-4-2)8-11-6-12(15)9-13(16)7-11/h6-7,9,14,17H,3-5,8,10H2,1-2H3. The second kappa shape index (κ2) is 8.94. The van der Waals surface area contributed by atoms with Crippen LogP contribution in [0.5, 0.6) is 0 Å². The summed E-state index contributed by atoms with van der Waals surface area (Å²) in [5.74, 6) is 2.03. The smallest absolute Gasteiger partial charge is 0.124 e. The third kappa shape index (κ3) is 6.21. The van der Waals surface area contributed by atoms with Gasteiger partial charge in [0.15, 0.2) is 0 Å². The predicted molar refractivity (Wildman–Crippen MR) is 82.9 cm³/mol. The number of nitrogens with one attached hydrogen (secondary N) is 1. The van der Waals surface area contributed by atoms with Crippen molar-refractivity contribution in [3.63, 3.8) is 0 Å². The van der Waals surface area contributed by atoms with Crippen LogP contribution in [0.3, 0.4) is 0 Å². The van der Waals surface area contributed by atoms with Crippen molar-refractivity contribution in [2.45, 2.75) is 32.7 Å². The highest BCUT2D eigenvalue weighted by Crippen LogP contribution is 2.17. The molecule has 0 amide bonds. The Bertz CT molecular complexity index is 331. The van der Waals surface area contributed by atoms with Gasteiger partial charge < -0.3 is 5.32 Å². The van der Waals surface area contributed by atoms with E-state index in [1.54, 1.807) is 6.07 Å². The highest BCUT2D eigenvalue weighted by molar-refractivity contribution is 9.10. The second-order valence-electron chi connectivity index (χ2n) is 4.29. The Kier molecular flexibility index (Phi) is 7.95. The Labute approximate surface area is 122 Å². The fraction of sp³-hybridized carbons (Fsp3) is 0.571. The minimum absolute atomic E-state index is 0.170. The third-order valence-electron chi connectivity index (χ3n) is 2.61. The zero-order valence-electron chi connectivity index (χ0n) is 11.0. The zero-order valence-corrected chi connectivity index (χ0v) is 13.4. The summed E-state index contributed by atoms with van der Waals surface area (Å²) in [6.07, 6.45) is 2.00. The molecule has 0 radical (unpaired) electrons. The molecule has 1 aromatic carbocycles. The van der Waals surface area contributed by atoms with Crippen molar-refractivity contribution >= 4 is 27.7 Å². The van der Waals surface area contributed by atoms with E-state index >= 15 is 0 Å². The lowest BCUT2D eigenvalue weighted by Crippen LogP contribution is -2.34. The van der Waals surface area contributed by atoms with E-state index < -0.39 is 0 Å². The van der Waals surface area contributed by atoms with E-state index in [2.05, 4.69) is 35.1 Å². The van der Waals surface area contributed by atoms with Gasteiger partial charge in [0.05, 0.1) is 0 Å². The molecular weight excluding hydrogens is 313 g/mol. The molecule has 18 heavy (non-hydrogen) atoms. The van der Waals surface area contributed by atoms with Gasteiger partial charge in [0.25, 0.3) is 0 Å². The second-order valence-corrected chi connectivity index (χ2v) is 6.53. The third-order valence-corrected chi connectivity index (χ3v) is 4.11.